The van der Waals surface area contributed by atoms with Crippen molar-refractivity contribution in [3.8, 4) is 0 Å². The number of nitrogens with one attached hydrogen (secondary N) is 1. The van der Waals surface area contributed by atoms with Crippen molar-refractivity contribution < 1.29 is 4.39 Å². The molecule has 0 radical (unpaired) electrons. The number of fused-ring (bicyclic) bond motifs is 1. The summed E-state index contributed by atoms with van der Waals surface area (Å²) in [4.78, 5) is 0.869. The Kier molecular flexibility index (Phi) is 4.95. The van der Waals surface area contributed by atoms with Gasteiger partial charge in [0.1, 0.15) is 5.82 Å². The molecule has 0 saturated heterocycles. The Morgan fingerprint density at radius 1 is 1.35 bits per heavy atom. The van der Waals surface area contributed by atoms with Crippen LogP contribution in [0.4, 0.5) is 4.39 Å². The lowest BCUT2D eigenvalue weighted by atomic mass is 10.0. The number of halogens is 1. The number of hydrogen-bond acceptors (Lipinski definition) is 3. The summed E-state index contributed by atoms with van der Waals surface area (Å²) in [5.41, 5.74) is 1.17. The molecule has 4 heteroatoms. The molecule has 3 unspecified atom stereocenters. The average Bonchev–Trinajstić information content (AvgIpc) is 2.88. The molecule has 0 spiro atoms. The van der Waals surface area contributed by atoms with Crippen LogP contribution >= 0.6 is 23.5 Å². The molecule has 0 bridgehead atoms. The maximum absolute atomic E-state index is 13.9. The maximum atomic E-state index is 13.9. The fraction of sp³-hybridized carbons (Fsp3) is 0.625. The lowest BCUT2D eigenvalue weighted by Gasteiger charge is -2.31. The van der Waals surface area contributed by atoms with Gasteiger partial charge in [-0.25, -0.2) is 4.39 Å². The second kappa shape index (κ2) is 6.71. The first-order chi connectivity index (χ1) is 9.79. The molecular formula is C16H22FNS2. The van der Waals surface area contributed by atoms with Gasteiger partial charge in [-0.1, -0.05) is 25.5 Å². The van der Waals surface area contributed by atoms with Crippen molar-refractivity contribution in [3.63, 3.8) is 0 Å². The van der Waals surface area contributed by atoms with Crippen molar-refractivity contribution in [1.82, 2.24) is 5.32 Å². The average molecular weight is 311 g/mol. The van der Waals surface area contributed by atoms with Gasteiger partial charge in [0.2, 0.25) is 0 Å². The van der Waals surface area contributed by atoms with Crippen molar-refractivity contribution >= 4 is 23.5 Å². The second-order valence-electron chi connectivity index (χ2n) is 5.55. The molecule has 1 fully saturated rings. The largest absolute Gasteiger partial charge is 0.306 e. The number of thioether (sulfide) groups is 2. The van der Waals surface area contributed by atoms with Gasteiger partial charge in [-0.15, -0.1) is 11.8 Å². The Labute approximate surface area is 129 Å². The molecule has 1 aromatic carbocycles. The van der Waals surface area contributed by atoms with Gasteiger partial charge in [-0.2, -0.15) is 11.8 Å². The minimum atomic E-state index is -0.0510. The predicted molar refractivity (Wildman–Crippen MR) is 87.2 cm³/mol. The van der Waals surface area contributed by atoms with Gasteiger partial charge in [-0.3, -0.25) is 0 Å². The van der Waals surface area contributed by atoms with Crippen LogP contribution in [0.25, 0.3) is 0 Å². The Morgan fingerprint density at radius 2 is 2.25 bits per heavy atom. The van der Waals surface area contributed by atoms with Crippen LogP contribution in [-0.4, -0.2) is 22.8 Å². The van der Waals surface area contributed by atoms with Gasteiger partial charge in [0, 0.05) is 22.2 Å². The summed E-state index contributed by atoms with van der Waals surface area (Å²) >= 11 is 3.75. The summed E-state index contributed by atoms with van der Waals surface area (Å²) < 4.78 is 13.9. The fourth-order valence-electron chi connectivity index (χ4n) is 3.35. The van der Waals surface area contributed by atoms with Gasteiger partial charge in [0.15, 0.2) is 0 Å². The molecule has 1 saturated carbocycles. The van der Waals surface area contributed by atoms with Crippen LogP contribution in [0.2, 0.25) is 0 Å². The van der Waals surface area contributed by atoms with Gasteiger partial charge >= 0.3 is 0 Å². The first-order valence-corrected chi connectivity index (χ1v) is 9.62. The number of rotatable bonds is 4. The fourth-order valence-corrected chi connectivity index (χ4v) is 5.70. The zero-order chi connectivity index (χ0) is 13.9. The minimum absolute atomic E-state index is 0.0510. The van der Waals surface area contributed by atoms with Gasteiger partial charge in [-0.05, 0) is 42.4 Å². The van der Waals surface area contributed by atoms with E-state index in [9.17, 15) is 4.39 Å². The second-order valence-corrected chi connectivity index (χ2v) is 8.17. The Hall–Kier alpha value is -0.190. The third kappa shape index (κ3) is 3.02. The first kappa shape index (κ1) is 14.7. The van der Waals surface area contributed by atoms with Crippen LogP contribution in [0.1, 0.15) is 44.2 Å². The van der Waals surface area contributed by atoms with E-state index in [0.717, 1.165) is 22.3 Å². The third-order valence-electron chi connectivity index (χ3n) is 4.27. The number of benzene rings is 1. The molecule has 1 aromatic rings. The molecule has 0 amide bonds. The van der Waals surface area contributed by atoms with Crippen LogP contribution < -0.4 is 5.32 Å². The van der Waals surface area contributed by atoms with E-state index in [0.29, 0.717) is 12.1 Å². The first-order valence-electron chi connectivity index (χ1n) is 7.58. The van der Waals surface area contributed by atoms with Crippen LogP contribution in [-0.2, 0) is 0 Å². The van der Waals surface area contributed by atoms with Crippen LogP contribution in [0, 0.1) is 5.82 Å². The Bertz CT molecular complexity index is 466. The zero-order valence-corrected chi connectivity index (χ0v) is 13.5. The van der Waals surface area contributed by atoms with Crippen molar-refractivity contribution in [2.75, 3.05) is 11.5 Å². The molecule has 1 aliphatic carbocycles. The van der Waals surface area contributed by atoms with E-state index < -0.39 is 0 Å². The summed E-state index contributed by atoms with van der Waals surface area (Å²) in [5, 5.41) is 4.58. The molecule has 1 N–H and O–H groups in total. The highest BCUT2D eigenvalue weighted by atomic mass is 32.2. The summed E-state index contributed by atoms with van der Waals surface area (Å²) in [5.74, 6) is 2.16. The molecule has 1 nitrogen and oxygen atoms in total. The van der Waals surface area contributed by atoms with Gasteiger partial charge < -0.3 is 5.32 Å². The molecule has 1 aliphatic heterocycles. The Morgan fingerprint density at radius 3 is 3.10 bits per heavy atom. The highest BCUT2D eigenvalue weighted by Gasteiger charge is 2.31. The van der Waals surface area contributed by atoms with Crippen LogP contribution in [0.3, 0.4) is 0 Å². The van der Waals surface area contributed by atoms with Crippen molar-refractivity contribution in [2.24, 2.45) is 0 Å². The molecule has 20 heavy (non-hydrogen) atoms. The van der Waals surface area contributed by atoms with E-state index in [1.54, 1.807) is 17.8 Å². The zero-order valence-electron chi connectivity index (χ0n) is 11.9. The lowest BCUT2D eigenvalue weighted by Crippen LogP contribution is -2.38. The van der Waals surface area contributed by atoms with Crippen LogP contribution in [0.15, 0.2) is 23.1 Å². The minimum Gasteiger partial charge on any atom is -0.306 e. The van der Waals surface area contributed by atoms with E-state index in [4.69, 9.17) is 0 Å². The predicted octanol–water partition coefficient (Wildman–Crippen LogP) is 4.63. The van der Waals surface area contributed by atoms with Crippen molar-refractivity contribution in [3.05, 3.63) is 29.6 Å². The maximum Gasteiger partial charge on any atom is 0.137 e. The quantitative estimate of drug-likeness (QED) is 0.871. The summed E-state index contributed by atoms with van der Waals surface area (Å²) in [6.45, 7) is 2.24. The van der Waals surface area contributed by atoms with Crippen molar-refractivity contribution in [2.45, 2.75) is 54.8 Å². The topological polar surface area (TPSA) is 12.0 Å². The summed E-state index contributed by atoms with van der Waals surface area (Å²) in [6, 6.07) is 6.47. The summed E-state index contributed by atoms with van der Waals surface area (Å²) in [6.07, 6.45) is 5.04. The monoisotopic (exact) mass is 311 g/mol. The van der Waals surface area contributed by atoms with E-state index in [1.165, 1.54) is 30.6 Å². The Balaban J connectivity index is 1.74. The highest BCUT2D eigenvalue weighted by Crippen LogP contribution is 2.39. The lowest BCUT2D eigenvalue weighted by molar-refractivity contribution is 0.425. The van der Waals surface area contributed by atoms with Crippen LogP contribution in [0.5, 0.6) is 0 Å². The standard InChI is InChI=1S/C16H22FNS2/c1-2-19-15-8-4-7-14(15)18-13-9-10-20-16-11(13)5-3-6-12(16)17/h3,5-6,13-15,18H,2,4,7-10H2,1H3. The molecule has 110 valence electrons. The SMILES string of the molecule is CCSC1CCCC1NC1CCSc2c(F)cccc21. The van der Waals surface area contributed by atoms with E-state index in [1.807, 2.05) is 6.07 Å². The molecule has 3 rings (SSSR count). The van der Waals surface area contributed by atoms with E-state index in [2.05, 4.69) is 30.1 Å². The molecule has 0 aromatic heterocycles. The number of hydrogen-bond donors (Lipinski definition) is 1. The highest BCUT2D eigenvalue weighted by molar-refractivity contribution is 8.00. The molecule has 1 heterocycles. The van der Waals surface area contributed by atoms with E-state index >= 15 is 0 Å². The normalized spacial score (nSPS) is 29.4. The van der Waals surface area contributed by atoms with Gasteiger partial charge in [0.25, 0.3) is 0 Å². The molecule has 2 aliphatic rings. The third-order valence-corrected chi connectivity index (χ3v) is 6.76. The molecular weight excluding hydrogens is 289 g/mol. The molecule has 3 atom stereocenters. The smallest absolute Gasteiger partial charge is 0.137 e. The van der Waals surface area contributed by atoms with Crippen molar-refractivity contribution in [1.29, 1.82) is 0 Å². The van der Waals surface area contributed by atoms with E-state index in [-0.39, 0.29) is 5.82 Å². The van der Waals surface area contributed by atoms with Gasteiger partial charge in [0.05, 0.1) is 0 Å². The summed E-state index contributed by atoms with van der Waals surface area (Å²) in [7, 11) is 0.